The third-order valence-electron chi connectivity index (χ3n) is 3.16. The summed E-state index contributed by atoms with van der Waals surface area (Å²) in [4.78, 5) is 12.1. The fourth-order valence-electron chi connectivity index (χ4n) is 2.15. The number of thioether (sulfide) groups is 1. The first-order chi connectivity index (χ1) is 8.71. The maximum atomic E-state index is 5.60. The van der Waals surface area contributed by atoms with E-state index in [1.807, 2.05) is 11.8 Å². The third kappa shape index (κ3) is 3.38. The number of methoxy groups -OCH3 is 1. The highest BCUT2D eigenvalue weighted by Crippen LogP contribution is 2.28. The Morgan fingerprint density at radius 3 is 2.56 bits per heavy atom. The lowest BCUT2D eigenvalue weighted by Crippen LogP contribution is -2.28. The largest absolute Gasteiger partial charge is 0.467 e. The molecule has 0 radical (unpaired) electrons. The molecular formula is C11H19N5OS. The van der Waals surface area contributed by atoms with Gasteiger partial charge >= 0.3 is 6.01 Å². The zero-order chi connectivity index (χ0) is 13.0. The highest BCUT2D eigenvalue weighted by molar-refractivity contribution is 7.99. The average Bonchev–Trinajstić information content (AvgIpc) is 2.39. The molecule has 1 aliphatic carbocycles. The second-order valence-corrected chi connectivity index (χ2v) is 5.50. The van der Waals surface area contributed by atoms with Crippen LogP contribution in [-0.4, -0.2) is 39.6 Å². The molecule has 0 unspecified atom stereocenters. The van der Waals surface area contributed by atoms with Crippen LogP contribution in [0.15, 0.2) is 0 Å². The van der Waals surface area contributed by atoms with Crippen LogP contribution in [0, 0.1) is 0 Å². The Labute approximate surface area is 111 Å². The van der Waals surface area contributed by atoms with Gasteiger partial charge in [0.05, 0.1) is 7.11 Å². The Morgan fingerprint density at radius 1 is 1.22 bits per heavy atom. The lowest BCUT2D eigenvalue weighted by Gasteiger charge is -2.27. The van der Waals surface area contributed by atoms with E-state index in [1.54, 1.807) is 0 Å². The predicted molar refractivity (Wildman–Crippen MR) is 74.0 cm³/mol. The molecule has 0 aliphatic heterocycles. The van der Waals surface area contributed by atoms with Gasteiger partial charge in [-0.05, 0) is 31.9 Å². The fourth-order valence-corrected chi connectivity index (χ4v) is 2.90. The molecule has 0 spiro atoms. The van der Waals surface area contributed by atoms with Gasteiger partial charge < -0.3 is 15.8 Å². The van der Waals surface area contributed by atoms with Gasteiger partial charge in [0.15, 0.2) is 0 Å². The van der Waals surface area contributed by atoms with Gasteiger partial charge in [-0.15, -0.1) is 0 Å². The molecule has 1 aliphatic rings. The van der Waals surface area contributed by atoms with Crippen molar-refractivity contribution in [1.82, 2.24) is 15.0 Å². The van der Waals surface area contributed by atoms with E-state index in [-0.39, 0.29) is 12.0 Å². The molecule has 3 N–H and O–H groups in total. The minimum Gasteiger partial charge on any atom is -0.467 e. The van der Waals surface area contributed by atoms with E-state index in [0.717, 1.165) is 18.1 Å². The molecular weight excluding hydrogens is 250 g/mol. The zero-order valence-electron chi connectivity index (χ0n) is 10.7. The Balaban J connectivity index is 1.95. The second kappa shape index (κ2) is 6.08. The molecule has 1 heterocycles. The van der Waals surface area contributed by atoms with Gasteiger partial charge in [0.2, 0.25) is 11.9 Å². The normalized spacial score (nSPS) is 23.7. The van der Waals surface area contributed by atoms with Gasteiger partial charge in [-0.2, -0.15) is 26.7 Å². The summed E-state index contributed by atoms with van der Waals surface area (Å²) in [6.07, 6.45) is 6.92. The molecule has 1 fully saturated rings. The molecule has 18 heavy (non-hydrogen) atoms. The molecule has 6 nitrogen and oxygen atoms in total. The first-order valence-electron chi connectivity index (χ1n) is 6.06. The van der Waals surface area contributed by atoms with Crippen molar-refractivity contribution in [1.29, 1.82) is 0 Å². The highest BCUT2D eigenvalue weighted by atomic mass is 32.2. The number of rotatable bonds is 4. The monoisotopic (exact) mass is 269 g/mol. The van der Waals surface area contributed by atoms with Crippen LogP contribution in [0.1, 0.15) is 25.7 Å². The molecule has 0 bridgehead atoms. The molecule has 100 valence electrons. The number of anilines is 2. The number of nitrogens with two attached hydrogens (primary N) is 1. The van der Waals surface area contributed by atoms with E-state index in [4.69, 9.17) is 10.5 Å². The quantitative estimate of drug-likeness (QED) is 0.857. The Bertz CT molecular complexity index is 395. The van der Waals surface area contributed by atoms with Crippen LogP contribution >= 0.6 is 11.8 Å². The van der Waals surface area contributed by atoms with E-state index < -0.39 is 0 Å². The van der Waals surface area contributed by atoms with Crippen molar-refractivity contribution in [3.63, 3.8) is 0 Å². The maximum Gasteiger partial charge on any atom is 0.322 e. The molecule has 7 heteroatoms. The number of nitrogen functional groups attached to an aromatic ring is 1. The Morgan fingerprint density at radius 2 is 1.94 bits per heavy atom. The first kappa shape index (κ1) is 13.2. The SMILES string of the molecule is COc1nc(N)nc(NC2CCC(SC)CC2)n1. The van der Waals surface area contributed by atoms with Crippen molar-refractivity contribution in [2.45, 2.75) is 37.0 Å². The molecule has 1 aromatic rings. The van der Waals surface area contributed by atoms with Crippen molar-refractivity contribution in [3.8, 4) is 6.01 Å². The van der Waals surface area contributed by atoms with Gasteiger partial charge in [-0.1, -0.05) is 0 Å². The van der Waals surface area contributed by atoms with E-state index in [2.05, 4.69) is 26.5 Å². The van der Waals surface area contributed by atoms with Gasteiger partial charge in [-0.25, -0.2) is 0 Å². The van der Waals surface area contributed by atoms with Crippen molar-refractivity contribution < 1.29 is 4.74 Å². The zero-order valence-corrected chi connectivity index (χ0v) is 11.5. The van der Waals surface area contributed by atoms with Crippen LogP contribution in [0.25, 0.3) is 0 Å². The lowest BCUT2D eigenvalue weighted by atomic mass is 9.95. The topological polar surface area (TPSA) is 86.0 Å². The van der Waals surface area contributed by atoms with Crippen LogP contribution in [0.3, 0.4) is 0 Å². The smallest absolute Gasteiger partial charge is 0.322 e. The van der Waals surface area contributed by atoms with Gasteiger partial charge in [0.25, 0.3) is 0 Å². The summed E-state index contributed by atoms with van der Waals surface area (Å²) in [6.45, 7) is 0. The number of nitrogens with one attached hydrogen (secondary N) is 1. The molecule has 0 amide bonds. The summed E-state index contributed by atoms with van der Waals surface area (Å²) in [5, 5.41) is 4.10. The van der Waals surface area contributed by atoms with Crippen LogP contribution < -0.4 is 15.8 Å². The Hall–Kier alpha value is -1.24. The van der Waals surface area contributed by atoms with Crippen molar-refractivity contribution in [2.24, 2.45) is 0 Å². The number of hydrogen-bond donors (Lipinski definition) is 2. The van der Waals surface area contributed by atoms with Crippen LogP contribution in [0.2, 0.25) is 0 Å². The summed E-state index contributed by atoms with van der Waals surface area (Å²) >= 11 is 1.95. The van der Waals surface area contributed by atoms with E-state index in [1.165, 1.54) is 20.0 Å². The molecule has 1 aromatic heterocycles. The molecule has 2 rings (SSSR count). The molecule has 0 atom stereocenters. The van der Waals surface area contributed by atoms with E-state index in [9.17, 15) is 0 Å². The third-order valence-corrected chi connectivity index (χ3v) is 4.29. The minimum atomic E-state index is 0.183. The van der Waals surface area contributed by atoms with Crippen molar-refractivity contribution >= 4 is 23.7 Å². The standard InChI is InChI=1S/C11H19N5OS/c1-17-11-15-9(12)14-10(16-11)13-7-3-5-8(18-2)6-4-7/h7-8H,3-6H2,1-2H3,(H3,12,13,14,15,16). The predicted octanol–water partition coefficient (Wildman–Crippen LogP) is 1.55. The summed E-state index contributed by atoms with van der Waals surface area (Å²) in [6, 6.07) is 0.669. The molecule has 0 aromatic carbocycles. The second-order valence-electron chi connectivity index (χ2n) is 4.36. The van der Waals surface area contributed by atoms with Crippen LogP contribution in [0.5, 0.6) is 6.01 Å². The first-order valence-corrected chi connectivity index (χ1v) is 7.35. The van der Waals surface area contributed by atoms with E-state index >= 15 is 0 Å². The van der Waals surface area contributed by atoms with Gasteiger partial charge in [0, 0.05) is 11.3 Å². The van der Waals surface area contributed by atoms with Crippen molar-refractivity contribution in [3.05, 3.63) is 0 Å². The van der Waals surface area contributed by atoms with E-state index in [0.29, 0.717) is 12.0 Å². The van der Waals surface area contributed by atoms with Crippen molar-refractivity contribution in [2.75, 3.05) is 24.4 Å². The summed E-state index contributed by atoms with van der Waals surface area (Å²) in [5.74, 6) is 0.689. The average molecular weight is 269 g/mol. The number of ether oxygens (including phenoxy) is 1. The maximum absolute atomic E-state index is 5.60. The molecule has 0 saturated heterocycles. The Kier molecular flexibility index (Phi) is 4.46. The lowest BCUT2D eigenvalue weighted by molar-refractivity contribution is 0.379. The van der Waals surface area contributed by atoms with Crippen LogP contribution in [0.4, 0.5) is 11.9 Å². The van der Waals surface area contributed by atoms with Crippen LogP contribution in [-0.2, 0) is 0 Å². The number of nitrogens with zero attached hydrogens (tertiary/aromatic N) is 3. The summed E-state index contributed by atoms with van der Waals surface area (Å²) < 4.78 is 4.97. The summed E-state index contributed by atoms with van der Waals surface area (Å²) in [5.41, 5.74) is 5.60. The van der Waals surface area contributed by atoms with Gasteiger partial charge in [0.1, 0.15) is 0 Å². The highest BCUT2D eigenvalue weighted by Gasteiger charge is 2.21. The minimum absolute atomic E-state index is 0.183. The van der Waals surface area contributed by atoms with Gasteiger partial charge in [-0.3, -0.25) is 0 Å². The number of aromatic nitrogens is 3. The fraction of sp³-hybridized carbons (Fsp3) is 0.727. The molecule has 1 saturated carbocycles. The number of hydrogen-bond acceptors (Lipinski definition) is 7. The summed E-state index contributed by atoms with van der Waals surface area (Å²) in [7, 11) is 1.52.